The minimum atomic E-state index is -0.718. The zero-order chi connectivity index (χ0) is 85.5. The standard InChI is InChI=1S/C52H32O.C48H30O/c1-2-15-34(16-3-1)51-44(28-29-48-52(51)45-24-12-13-25-47(45)53-48)46-32-38(31-36-18-6-7-19-39(36)46)50-42-22-10-8-20-40(42)49(41-21-9-11-23-43(41)50)37-27-26-33-14-4-5-17-35(33)30-37;1-3-15-31(16-4-1)43-28-34(29-44-37-21-13-14-26-45(37)49-48(43)44)42-30-35(27-33-19-7-8-20-36(33)42)47-40-24-11-9-22-38(40)46(32-17-5-2-6-18-32)39-23-10-12-25-41(39)47/h1-32H;1-30H/i8D,9D,10D,11D,20D,21D,22D,23D;2D,5D,6D,9D,10D,11D,12D,17D,18D,22D,23D,24D,25D. The van der Waals surface area contributed by atoms with Gasteiger partial charge >= 0.3 is 0 Å². The summed E-state index contributed by atoms with van der Waals surface area (Å²) in [6.45, 7) is 0. The quantitative estimate of drug-likeness (QED) is 0.142. The van der Waals surface area contributed by atoms with Gasteiger partial charge in [-0.2, -0.15) is 0 Å². The van der Waals surface area contributed by atoms with Crippen LogP contribution in [-0.4, -0.2) is 0 Å². The molecule has 0 amide bonds. The fraction of sp³-hybridized carbons (Fsp3) is 0. The monoisotopic (exact) mass is 1320 g/mol. The molecule has 21 aromatic rings. The lowest BCUT2D eigenvalue weighted by atomic mass is 9.83. The molecule has 0 aliphatic carbocycles. The van der Waals surface area contributed by atoms with E-state index in [1.165, 1.54) is 0 Å². The zero-order valence-electron chi connectivity index (χ0n) is 75.0. The van der Waals surface area contributed by atoms with Gasteiger partial charge in [0.15, 0.2) is 0 Å². The first-order valence-corrected chi connectivity index (χ1v) is 33.4. The summed E-state index contributed by atoms with van der Waals surface area (Å²) in [5, 5.41) is 8.74. The predicted molar refractivity (Wildman–Crippen MR) is 433 cm³/mol. The molecule has 2 aromatic heterocycles. The molecule has 19 aromatic carbocycles. The smallest absolute Gasteiger partial charge is 0.143 e. The normalized spacial score (nSPS) is 14.6. The lowest BCUT2D eigenvalue weighted by Gasteiger charge is -2.20. The number of benzene rings is 19. The van der Waals surface area contributed by atoms with Crippen LogP contribution in [-0.2, 0) is 0 Å². The first-order valence-electron chi connectivity index (χ1n) is 43.9. The van der Waals surface area contributed by atoms with E-state index in [2.05, 4.69) is 30.3 Å². The highest BCUT2D eigenvalue weighted by Crippen LogP contribution is 2.51. The van der Waals surface area contributed by atoms with Crippen molar-refractivity contribution in [3.8, 4) is 89.0 Å². The van der Waals surface area contributed by atoms with Crippen LogP contribution in [0.1, 0.15) is 28.8 Å². The van der Waals surface area contributed by atoms with Crippen LogP contribution in [0.25, 0.3) is 208 Å². The van der Waals surface area contributed by atoms with Crippen molar-refractivity contribution in [3.63, 3.8) is 0 Å². The molecule has 474 valence electrons. The summed E-state index contributed by atoms with van der Waals surface area (Å²) < 4.78 is 203. The van der Waals surface area contributed by atoms with E-state index in [1.807, 2.05) is 218 Å². The first-order chi connectivity index (χ1) is 59.3. The number of para-hydroxylation sites is 2. The molecule has 0 radical (unpaired) electrons. The SMILES string of the molecule is [2H]c1c([2H])c([2H])c(-c2c3c([2H])c([2H])c([2H])c([2H])c3c(-c3cc(-c4cc(-c5ccccc5)c5oc6ccccc6c5c4)c4ccccc4c3)c3c([2H])c([2H])c([2H])c([2H])c23)c([2H])c1[2H].[2H]c1c([2H])c([2H])c2c(-c3cc(-c4ccc5oc6ccccc6c5c4-c4ccccc4)c4ccccc4c3)c3c([2H])c([2H])c([2H])c([2H])c3c(-c3ccc4ccccc4c3)c2c1[2H]. The molecule has 0 fully saturated rings. The third kappa shape index (κ3) is 9.71. The van der Waals surface area contributed by atoms with Gasteiger partial charge in [0.25, 0.3) is 0 Å². The van der Waals surface area contributed by atoms with Crippen molar-refractivity contribution >= 4 is 119 Å². The van der Waals surface area contributed by atoms with Crippen molar-refractivity contribution in [3.05, 3.63) is 376 Å². The van der Waals surface area contributed by atoms with Crippen molar-refractivity contribution in [2.75, 3.05) is 0 Å². The Kier molecular flexibility index (Phi) is 9.77. The fourth-order valence-electron chi connectivity index (χ4n) is 15.2. The van der Waals surface area contributed by atoms with Gasteiger partial charge < -0.3 is 8.83 Å². The molecule has 2 heteroatoms. The van der Waals surface area contributed by atoms with E-state index < -0.39 is 108 Å². The molecule has 0 saturated heterocycles. The van der Waals surface area contributed by atoms with Crippen LogP contribution in [0.3, 0.4) is 0 Å². The molecule has 2 heterocycles. The Bertz CT molecular complexity index is 8080. The number of furan rings is 2. The molecular weight excluding hydrogens is 1230 g/mol. The average molecular weight is 1320 g/mol. The maximum atomic E-state index is 9.58. The molecule has 0 aliphatic heterocycles. The van der Waals surface area contributed by atoms with E-state index in [0.717, 1.165) is 104 Å². The van der Waals surface area contributed by atoms with E-state index in [-0.39, 0.29) is 78.4 Å². The van der Waals surface area contributed by atoms with Crippen molar-refractivity contribution in [1.29, 1.82) is 0 Å². The summed E-state index contributed by atoms with van der Waals surface area (Å²) in [7, 11) is 0. The van der Waals surface area contributed by atoms with Crippen molar-refractivity contribution in [2.45, 2.75) is 0 Å². The predicted octanol–water partition coefficient (Wildman–Crippen LogP) is 28.6. The van der Waals surface area contributed by atoms with Gasteiger partial charge in [0.05, 0.1) is 28.8 Å². The largest absolute Gasteiger partial charge is 0.456 e. The minimum absolute atomic E-state index is 0.0650. The van der Waals surface area contributed by atoms with Gasteiger partial charge in [-0.15, -0.1) is 0 Å². The molecule has 0 spiro atoms. The van der Waals surface area contributed by atoms with Gasteiger partial charge in [-0.1, -0.05) is 309 Å². The van der Waals surface area contributed by atoms with Crippen LogP contribution in [0.5, 0.6) is 0 Å². The third-order valence-corrected chi connectivity index (χ3v) is 19.6. The molecule has 0 atom stereocenters. The molecule has 0 saturated carbocycles. The summed E-state index contributed by atoms with van der Waals surface area (Å²) in [6.07, 6.45) is 0. The Labute approximate surface area is 619 Å². The van der Waals surface area contributed by atoms with Crippen LogP contribution >= 0.6 is 0 Å². The maximum absolute atomic E-state index is 9.58. The van der Waals surface area contributed by atoms with Crippen molar-refractivity contribution < 1.29 is 37.6 Å². The first kappa shape index (κ1) is 41.1. The second kappa shape index (κ2) is 24.2. The summed E-state index contributed by atoms with van der Waals surface area (Å²) in [5.41, 5.74) is 11.1. The molecule has 2 nitrogen and oxygen atoms in total. The Hall–Kier alpha value is -13.4. The summed E-state index contributed by atoms with van der Waals surface area (Å²) in [4.78, 5) is 0. The van der Waals surface area contributed by atoms with E-state index in [1.54, 1.807) is 0 Å². The fourth-order valence-corrected chi connectivity index (χ4v) is 15.2. The summed E-state index contributed by atoms with van der Waals surface area (Å²) in [6, 6.07) is 69.1. The van der Waals surface area contributed by atoms with E-state index >= 15 is 0 Å². The van der Waals surface area contributed by atoms with Crippen LogP contribution in [0.15, 0.2) is 384 Å². The minimum Gasteiger partial charge on any atom is -0.456 e. The van der Waals surface area contributed by atoms with Crippen molar-refractivity contribution in [1.82, 2.24) is 0 Å². The molecule has 0 N–H and O–H groups in total. The van der Waals surface area contributed by atoms with Gasteiger partial charge in [-0.25, -0.2) is 0 Å². The van der Waals surface area contributed by atoms with Gasteiger partial charge in [-0.3, -0.25) is 0 Å². The van der Waals surface area contributed by atoms with E-state index in [4.69, 9.17) is 26.7 Å². The van der Waals surface area contributed by atoms with Crippen LogP contribution in [0, 0.1) is 0 Å². The number of fused-ring (bicyclic) bond motifs is 13. The van der Waals surface area contributed by atoms with Gasteiger partial charge in [0.1, 0.15) is 22.3 Å². The Morgan fingerprint density at radius 3 is 1.19 bits per heavy atom. The highest BCUT2D eigenvalue weighted by Gasteiger charge is 2.25. The molecular formula is C100H62O2. The lowest BCUT2D eigenvalue weighted by Crippen LogP contribution is -1.93. The molecule has 21 rings (SSSR count). The Balaban J connectivity index is 0.000000156. The molecule has 0 unspecified atom stereocenters. The van der Waals surface area contributed by atoms with Gasteiger partial charge in [-0.05, 0) is 220 Å². The number of rotatable bonds is 8. The second-order valence-electron chi connectivity index (χ2n) is 25.2. The molecule has 0 bridgehead atoms. The summed E-state index contributed by atoms with van der Waals surface area (Å²) in [5.74, 6) is 0. The highest BCUT2D eigenvalue weighted by molar-refractivity contribution is 6.25. The summed E-state index contributed by atoms with van der Waals surface area (Å²) >= 11 is 0. The van der Waals surface area contributed by atoms with Crippen LogP contribution in [0.2, 0.25) is 0 Å². The second-order valence-corrected chi connectivity index (χ2v) is 25.2. The molecule has 0 aliphatic rings. The highest BCUT2D eigenvalue weighted by atomic mass is 16.3. The third-order valence-electron chi connectivity index (χ3n) is 19.6. The molecule has 102 heavy (non-hydrogen) atoms. The Morgan fingerprint density at radius 2 is 0.608 bits per heavy atom. The van der Waals surface area contributed by atoms with Crippen LogP contribution in [0.4, 0.5) is 0 Å². The number of hydrogen-bond donors (Lipinski definition) is 0. The van der Waals surface area contributed by atoms with Crippen LogP contribution < -0.4 is 0 Å². The zero-order valence-corrected chi connectivity index (χ0v) is 54.0. The lowest BCUT2D eigenvalue weighted by molar-refractivity contribution is 0.669. The Morgan fingerprint density at radius 1 is 0.186 bits per heavy atom. The van der Waals surface area contributed by atoms with E-state index in [9.17, 15) is 11.0 Å². The van der Waals surface area contributed by atoms with E-state index in [0.29, 0.717) is 44.5 Å². The van der Waals surface area contributed by atoms with Crippen molar-refractivity contribution in [2.24, 2.45) is 0 Å². The van der Waals surface area contributed by atoms with Gasteiger partial charge in [0.2, 0.25) is 0 Å². The average Bonchev–Trinajstić information content (AvgIpc) is 1.14. The maximum Gasteiger partial charge on any atom is 0.143 e. The van der Waals surface area contributed by atoms with Gasteiger partial charge in [0, 0.05) is 32.7 Å². The number of hydrogen-bond acceptors (Lipinski definition) is 2. The topological polar surface area (TPSA) is 26.3 Å².